The Balaban J connectivity index is 2.37. The molecule has 0 bridgehead atoms. The topological polar surface area (TPSA) is 20.2 Å². The maximum Gasteiger partial charge on any atom is 0.0647 e. The van der Waals surface area contributed by atoms with Gasteiger partial charge in [0, 0.05) is 0 Å². The monoisotopic (exact) mass is 198 g/mol. The van der Waals surface area contributed by atoms with Crippen molar-refractivity contribution in [2.45, 2.75) is 71.3 Å². The highest BCUT2D eigenvalue weighted by Crippen LogP contribution is 2.35. The second-order valence-electron chi connectivity index (χ2n) is 5.62. The summed E-state index contributed by atoms with van der Waals surface area (Å²) in [5.41, 5.74) is -0.398. The van der Waals surface area contributed by atoms with Crippen molar-refractivity contribution in [3.63, 3.8) is 0 Å². The molecular weight excluding hydrogens is 172 g/mol. The van der Waals surface area contributed by atoms with Crippen LogP contribution in [0.5, 0.6) is 0 Å². The fourth-order valence-electron chi connectivity index (χ4n) is 2.51. The maximum atomic E-state index is 10.4. The van der Waals surface area contributed by atoms with Gasteiger partial charge in [0.2, 0.25) is 0 Å². The van der Waals surface area contributed by atoms with Gasteiger partial charge in [0.05, 0.1) is 5.60 Å². The van der Waals surface area contributed by atoms with Crippen LogP contribution in [0, 0.1) is 11.8 Å². The van der Waals surface area contributed by atoms with E-state index < -0.39 is 5.60 Å². The van der Waals surface area contributed by atoms with Gasteiger partial charge >= 0.3 is 0 Å². The fourth-order valence-corrected chi connectivity index (χ4v) is 2.51. The molecule has 1 unspecified atom stereocenters. The quantitative estimate of drug-likeness (QED) is 0.729. The van der Waals surface area contributed by atoms with Gasteiger partial charge < -0.3 is 5.11 Å². The van der Waals surface area contributed by atoms with Gasteiger partial charge in [0.25, 0.3) is 0 Å². The molecular formula is C13H26O. The van der Waals surface area contributed by atoms with E-state index in [-0.39, 0.29) is 0 Å². The van der Waals surface area contributed by atoms with Crippen LogP contribution in [0.15, 0.2) is 0 Å². The molecule has 1 saturated carbocycles. The van der Waals surface area contributed by atoms with Crippen LogP contribution in [0.4, 0.5) is 0 Å². The molecule has 0 radical (unpaired) electrons. The average molecular weight is 198 g/mol. The molecule has 0 aromatic rings. The lowest BCUT2D eigenvalue weighted by molar-refractivity contribution is -0.0272. The molecule has 0 saturated heterocycles. The van der Waals surface area contributed by atoms with E-state index in [4.69, 9.17) is 0 Å². The van der Waals surface area contributed by atoms with Gasteiger partial charge in [-0.1, -0.05) is 33.1 Å². The Kier molecular flexibility index (Phi) is 4.43. The van der Waals surface area contributed by atoms with E-state index in [1.54, 1.807) is 0 Å². The Hall–Kier alpha value is -0.0400. The molecule has 0 aliphatic heterocycles. The lowest BCUT2D eigenvalue weighted by atomic mass is 9.75. The lowest BCUT2D eigenvalue weighted by Gasteiger charge is -2.36. The summed E-state index contributed by atoms with van der Waals surface area (Å²) >= 11 is 0. The molecule has 0 heterocycles. The minimum Gasteiger partial charge on any atom is -0.390 e. The lowest BCUT2D eigenvalue weighted by Crippen LogP contribution is -2.36. The van der Waals surface area contributed by atoms with Crippen LogP contribution in [0.3, 0.4) is 0 Å². The van der Waals surface area contributed by atoms with Crippen LogP contribution in [0.2, 0.25) is 0 Å². The molecule has 0 amide bonds. The Morgan fingerprint density at radius 3 is 2.29 bits per heavy atom. The Morgan fingerprint density at radius 1 is 1.21 bits per heavy atom. The maximum absolute atomic E-state index is 10.4. The van der Waals surface area contributed by atoms with E-state index in [0.29, 0.717) is 11.8 Å². The van der Waals surface area contributed by atoms with Gasteiger partial charge in [0.1, 0.15) is 0 Å². The van der Waals surface area contributed by atoms with E-state index in [2.05, 4.69) is 13.8 Å². The first-order valence-electron chi connectivity index (χ1n) is 6.25. The predicted octanol–water partition coefficient (Wildman–Crippen LogP) is 3.75. The zero-order chi connectivity index (χ0) is 10.6. The van der Waals surface area contributed by atoms with Crippen molar-refractivity contribution in [2.24, 2.45) is 11.8 Å². The number of rotatable bonds is 4. The molecule has 14 heavy (non-hydrogen) atoms. The molecule has 84 valence electrons. The molecule has 1 rings (SSSR count). The first kappa shape index (κ1) is 12.0. The van der Waals surface area contributed by atoms with Crippen LogP contribution in [0.1, 0.15) is 65.7 Å². The third-order valence-corrected chi connectivity index (χ3v) is 3.71. The van der Waals surface area contributed by atoms with Crippen molar-refractivity contribution in [3.05, 3.63) is 0 Å². The highest BCUT2D eigenvalue weighted by atomic mass is 16.3. The molecule has 1 fully saturated rings. The SMILES string of the molecule is CC(C)CCC(C)(O)C1CCCCC1. The van der Waals surface area contributed by atoms with Crippen molar-refractivity contribution >= 4 is 0 Å². The van der Waals surface area contributed by atoms with E-state index >= 15 is 0 Å². The van der Waals surface area contributed by atoms with Gasteiger partial charge in [-0.15, -0.1) is 0 Å². The summed E-state index contributed by atoms with van der Waals surface area (Å²) < 4.78 is 0. The Morgan fingerprint density at radius 2 is 1.79 bits per heavy atom. The highest BCUT2D eigenvalue weighted by Gasteiger charge is 2.32. The largest absolute Gasteiger partial charge is 0.390 e. The van der Waals surface area contributed by atoms with Gasteiger partial charge in [0.15, 0.2) is 0 Å². The minimum absolute atomic E-state index is 0.398. The summed E-state index contributed by atoms with van der Waals surface area (Å²) in [5.74, 6) is 1.28. The van der Waals surface area contributed by atoms with Gasteiger partial charge in [-0.3, -0.25) is 0 Å². The number of hydrogen-bond acceptors (Lipinski definition) is 1. The van der Waals surface area contributed by atoms with E-state index in [1.165, 1.54) is 32.1 Å². The number of aliphatic hydroxyl groups is 1. The van der Waals surface area contributed by atoms with E-state index in [9.17, 15) is 5.11 Å². The summed E-state index contributed by atoms with van der Waals surface area (Å²) in [7, 11) is 0. The molecule has 0 aromatic heterocycles. The minimum atomic E-state index is -0.398. The van der Waals surface area contributed by atoms with Crippen molar-refractivity contribution in [2.75, 3.05) is 0 Å². The van der Waals surface area contributed by atoms with Crippen LogP contribution in [0.25, 0.3) is 0 Å². The average Bonchev–Trinajstić information content (AvgIpc) is 2.16. The Labute approximate surface area is 88.9 Å². The van der Waals surface area contributed by atoms with E-state index in [1.807, 2.05) is 6.92 Å². The van der Waals surface area contributed by atoms with Gasteiger partial charge in [-0.25, -0.2) is 0 Å². The zero-order valence-corrected chi connectivity index (χ0v) is 10.1. The third kappa shape index (κ3) is 3.61. The summed E-state index contributed by atoms with van der Waals surface area (Å²) in [6.45, 7) is 6.51. The van der Waals surface area contributed by atoms with Gasteiger partial charge in [-0.2, -0.15) is 0 Å². The third-order valence-electron chi connectivity index (χ3n) is 3.71. The Bertz CT molecular complexity index is 155. The standard InChI is InChI=1S/C13H26O/c1-11(2)9-10-13(3,14)12-7-5-4-6-8-12/h11-12,14H,4-10H2,1-3H3. The van der Waals surface area contributed by atoms with Crippen molar-refractivity contribution < 1.29 is 5.11 Å². The molecule has 1 nitrogen and oxygen atoms in total. The fraction of sp³-hybridized carbons (Fsp3) is 1.00. The van der Waals surface area contributed by atoms with Crippen LogP contribution < -0.4 is 0 Å². The molecule has 1 atom stereocenters. The normalized spacial score (nSPS) is 23.8. The predicted molar refractivity (Wildman–Crippen MR) is 61.3 cm³/mol. The summed E-state index contributed by atoms with van der Waals surface area (Å²) in [6, 6.07) is 0. The van der Waals surface area contributed by atoms with Gasteiger partial charge in [-0.05, 0) is 44.4 Å². The first-order chi connectivity index (χ1) is 6.52. The van der Waals surface area contributed by atoms with Crippen LogP contribution >= 0.6 is 0 Å². The molecule has 1 heteroatoms. The summed E-state index contributed by atoms with van der Waals surface area (Å²) in [4.78, 5) is 0. The first-order valence-corrected chi connectivity index (χ1v) is 6.25. The van der Waals surface area contributed by atoms with Crippen LogP contribution in [-0.2, 0) is 0 Å². The second kappa shape index (κ2) is 5.16. The summed E-state index contributed by atoms with van der Waals surface area (Å²) in [5, 5.41) is 10.4. The zero-order valence-electron chi connectivity index (χ0n) is 10.1. The van der Waals surface area contributed by atoms with Crippen molar-refractivity contribution in [1.29, 1.82) is 0 Å². The summed E-state index contributed by atoms with van der Waals surface area (Å²) in [6.07, 6.45) is 8.64. The molecule has 1 aliphatic rings. The number of hydrogen-bond donors (Lipinski definition) is 1. The van der Waals surface area contributed by atoms with Crippen molar-refractivity contribution in [1.82, 2.24) is 0 Å². The smallest absolute Gasteiger partial charge is 0.0647 e. The van der Waals surface area contributed by atoms with Crippen molar-refractivity contribution in [3.8, 4) is 0 Å². The second-order valence-corrected chi connectivity index (χ2v) is 5.62. The molecule has 0 spiro atoms. The molecule has 1 aliphatic carbocycles. The molecule has 0 aromatic carbocycles. The van der Waals surface area contributed by atoms with E-state index in [0.717, 1.165) is 12.8 Å². The highest BCUT2D eigenvalue weighted by molar-refractivity contribution is 4.84. The van der Waals surface area contributed by atoms with Crippen LogP contribution in [-0.4, -0.2) is 10.7 Å². The molecule has 1 N–H and O–H groups in total.